The first-order valence-electron chi connectivity index (χ1n) is 5.84. The van der Waals surface area contributed by atoms with Crippen LogP contribution in [0.25, 0.3) is 0 Å². The number of fused-ring (bicyclic) bond motifs is 1. The van der Waals surface area contributed by atoms with Gasteiger partial charge in [-0.2, -0.15) is 0 Å². The van der Waals surface area contributed by atoms with Crippen molar-refractivity contribution in [3.8, 4) is 0 Å². The van der Waals surface area contributed by atoms with Gasteiger partial charge in [0.15, 0.2) is 0 Å². The van der Waals surface area contributed by atoms with Gasteiger partial charge in [-0.25, -0.2) is 0 Å². The smallest absolute Gasteiger partial charge is 0.307 e. The lowest BCUT2D eigenvalue weighted by molar-refractivity contribution is -0.144. The minimum atomic E-state index is -0.424. The lowest BCUT2D eigenvalue weighted by Gasteiger charge is -2.40. The Hall–Kier alpha value is -1.10. The molecule has 1 amide bonds. The maximum Gasteiger partial charge on any atom is 0.307 e. The molecule has 2 N–H and O–H groups in total. The first-order valence-corrected chi connectivity index (χ1v) is 5.84. The Morgan fingerprint density at radius 3 is 2.75 bits per heavy atom. The number of amides is 1. The van der Waals surface area contributed by atoms with Crippen molar-refractivity contribution in [1.29, 1.82) is 0 Å². The van der Waals surface area contributed by atoms with Crippen LogP contribution >= 0.6 is 0 Å². The van der Waals surface area contributed by atoms with Gasteiger partial charge in [0, 0.05) is 12.1 Å². The first kappa shape index (κ1) is 11.4. The Bertz CT molecular complexity index is 293. The number of hydrogen-bond acceptors (Lipinski definition) is 4. The summed E-state index contributed by atoms with van der Waals surface area (Å²) in [5.74, 6) is -0.421. The zero-order valence-electron chi connectivity index (χ0n) is 9.49. The molecule has 16 heavy (non-hydrogen) atoms. The lowest BCUT2D eigenvalue weighted by atomic mass is 9.87. The van der Waals surface area contributed by atoms with E-state index in [0.717, 1.165) is 12.8 Å². The van der Waals surface area contributed by atoms with Crippen molar-refractivity contribution in [3.63, 3.8) is 0 Å². The molecule has 0 aromatic carbocycles. The highest BCUT2D eigenvalue weighted by Crippen LogP contribution is 2.22. The molecule has 2 rings (SSSR count). The fourth-order valence-corrected chi connectivity index (χ4v) is 2.52. The van der Waals surface area contributed by atoms with Gasteiger partial charge in [-0.3, -0.25) is 9.59 Å². The Kier molecular flexibility index (Phi) is 3.43. The summed E-state index contributed by atoms with van der Waals surface area (Å²) < 4.78 is 4.58. The normalized spacial score (nSPS) is 33.8. The van der Waals surface area contributed by atoms with Crippen LogP contribution in [0.5, 0.6) is 0 Å². The highest BCUT2D eigenvalue weighted by molar-refractivity contribution is 5.87. The summed E-state index contributed by atoms with van der Waals surface area (Å²) >= 11 is 0. The second-order valence-electron chi connectivity index (χ2n) is 4.51. The van der Waals surface area contributed by atoms with E-state index >= 15 is 0 Å². The summed E-state index contributed by atoms with van der Waals surface area (Å²) in [5.41, 5.74) is 0. The average molecular weight is 226 g/mol. The van der Waals surface area contributed by atoms with Gasteiger partial charge < -0.3 is 15.4 Å². The zero-order valence-corrected chi connectivity index (χ0v) is 9.49. The third-order valence-corrected chi connectivity index (χ3v) is 3.42. The van der Waals surface area contributed by atoms with Crippen LogP contribution in [0.1, 0.15) is 32.1 Å². The molecule has 3 atom stereocenters. The Morgan fingerprint density at radius 1 is 1.38 bits per heavy atom. The monoisotopic (exact) mass is 226 g/mol. The van der Waals surface area contributed by atoms with Crippen LogP contribution in [0.3, 0.4) is 0 Å². The molecule has 5 heteroatoms. The molecular formula is C11H18N2O3. The van der Waals surface area contributed by atoms with Gasteiger partial charge in [0.25, 0.3) is 0 Å². The van der Waals surface area contributed by atoms with E-state index in [1.54, 1.807) is 0 Å². The highest BCUT2D eigenvalue weighted by atomic mass is 16.5. The molecule has 2 fully saturated rings. The molecule has 1 aliphatic heterocycles. The quantitative estimate of drug-likeness (QED) is 0.648. The van der Waals surface area contributed by atoms with E-state index in [-0.39, 0.29) is 24.3 Å². The van der Waals surface area contributed by atoms with E-state index in [1.807, 2.05) is 0 Å². The van der Waals surface area contributed by atoms with E-state index in [9.17, 15) is 9.59 Å². The lowest BCUT2D eigenvalue weighted by Crippen LogP contribution is -2.65. The molecule has 1 heterocycles. The van der Waals surface area contributed by atoms with Gasteiger partial charge in [-0.15, -0.1) is 0 Å². The van der Waals surface area contributed by atoms with E-state index in [1.165, 1.54) is 20.0 Å². The van der Waals surface area contributed by atoms with Crippen molar-refractivity contribution < 1.29 is 14.3 Å². The van der Waals surface area contributed by atoms with Crippen LogP contribution < -0.4 is 10.6 Å². The van der Waals surface area contributed by atoms with Gasteiger partial charge in [0.1, 0.15) is 0 Å². The van der Waals surface area contributed by atoms with Crippen LogP contribution in [0, 0.1) is 0 Å². The molecule has 0 unspecified atom stereocenters. The second kappa shape index (κ2) is 4.82. The van der Waals surface area contributed by atoms with Crippen molar-refractivity contribution in [1.82, 2.24) is 10.6 Å². The molecule has 2 aliphatic rings. The van der Waals surface area contributed by atoms with Crippen LogP contribution in [-0.2, 0) is 14.3 Å². The van der Waals surface area contributed by atoms with Crippen LogP contribution in [-0.4, -0.2) is 37.1 Å². The molecule has 90 valence electrons. The van der Waals surface area contributed by atoms with E-state index in [2.05, 4.69) is 15.4 Å². The largest absolute Gasteiger partial charge is 0.469 e. The maximum absolute atomic E-state index is 11.7. The molecule has 0 aromatic rings. The van der Waals surface area contributed by atoms with Crippen LogP contribution in [0.2, 0.25) is 0 Å². The van der Waals surface area contributed by atoms with Gasteiger partial charge >= 0.3 is 5.97 Å². The average Bonchev–Trinajstić information content (AvgIpc) is 2.30. The topological polar surface area (TPSA) is 67.4 Å². The summed E-state index contributed by atoms with van der Waals surface area (Å²) in [5, 5.41) is 6.25. The summed E-state index contributed by atoms with van der Waals surface area (Å²) in [6.07, 6.45) is 4.59. The van der Waals surface area contributed by atoms with Crippen molar-refractivity contribution in [2.45, 2.75) is 50.2 Å². The van der Waals surface area contributed by atoms with Crippen molar-refractivity contribution >= 4 is 11.9 Å². The molecule has 0 spiro atoms. The molecule has 0 radical (unpaired) electrons. The Morgan fingerprint density at radius 2 is 2.06 bits per heavy atom. The molecule has 0 aromatic heterocycles. The first-order chi connectivity index (χ1) is 7.70. The predicted molar refractivity (Wildman–Crippen MR) is 57.7 cm³/mol. The maximum atomic E-state index is 11.7. The number of carbonyl (C=O) groups excluding carboxylic acids is 2. The molecule has 0 bridgehead atoms. The standard InChI is InChI=1S/C11H18N2O3/c1-16-10(14)6-9-11(15)13-8-5-3-2-4-7(8)12-9/h7-9,12H,2-6H2,1H3,(H,13,15)/t7-,8-,9-/m0/s1. The summed E-state index contributed by atoms with van der Waals surface area (Å²) in [7, 11) is 1.34. The predicted octanol–water partition coefficient (Wildman–Crippen LogP) is -0.0513. The third-order valence-electron chi connectivity index (χ3n) is 3.42. The van der Waals surface area contributed by atoms with Gasteiger partial charge in [-0.1, -0.05) is 12.8 Å². The minimum absolute atomic E-state index is 0.0754. The minimum Gasteiger partial charge on any atom is -0.469 e. The van der Waals surface area contributed by atoms with Gasteiger partial charge in [0.2, 0.25) is 5.91 Å². The molecular weight excluding hydrogens is 208 g/mol. The molecule has 5 nitrogen and oxygen atoms in total. The van der Waals surface area contributed by atoms with Crippen molar-refractivity contribution in [2.75, 3.05) is 7.11 Å². The SMILES string of the molecule is COC(=O)C[C@@H]1N[C@H]2CCCC[C@@H]2NC1=O. The fourth-order valence-electron chi connectivity index (χ4n) is 2.52. The van der Waals surface area contributed by atoms with Crippen LogP contribution in [0.15, 0.2) is 0 Å². The number of hydrogen-bond donors (Lipinski definition) is 2. The van der Waals surface area contributed by atoms with E-state index in [4.69, 9.17) is 0 Å². The number of nitrogens with one attached hydrogen (secondary N) is 2. The number of piperazine rings is 1. The molecule has 1 saturated carbocycles. The third kappa shape index (κ3) is 2.35. The summed E-state index contributed by atoms with van der Waals surface area (Å²) in [6.45, 7) is 0. The van der Waals surface area contributed by atoms with Crippen molar-refractivity contribution in [3.05, 3.63) is 0 Å². The summed E-state index contributed by atoms with van der Waals surface area (Å²) in [4.78, 5) is 22.9. The zero-order chi connectivity index (χ0) is 11.5. The Labute approximate surface area is 94.9 Å². The molecule has 1 aliphatic carbocycles. The number of carbonyl (C=O) groups is 2. The molecule has 1 saturated heterocycles. The number of rotatable bonds is 2. The fraction of sp³-hybridized carbons (Fsp3) is 0.818. The summed E-state index contributed by atoms with van der Waals surface area (Å²) in [6, 6.07) is 0.142. The van der Waals surface area contributed by atoms with E-state index < -0.39 is 6.04 Å². The highest BCUT2D eigenvalue weighted by Gasteiger charge is 2.37. The second-order valence-corrected chi connectivity index (χ2v) is 4.51. The van der Waals surface area contributed by atoms with E-state index in [0.29, 0.717) is 6.04 Å². The Balaban J connectivity index is 1.95. The number of ether oxygens (including phenoxy) is 1. The van der Waals surface area contributed by atoms with Gasteiger partial charge in [0.05, 0.1) is 19.6 Å². The van der Waals surface area contributed by atoms with Gasteiger partial charge in [-0.05, 0) is 12.8 Å². The number of methoxy groups -OCH3 is 1. The number of esters is 1. The van der Waals surface area contributed by atoms with Crippen molar-refractivity contribution in [2.24, 2.45) is 0 Å². The van der Waals surface area contributed by atoms with Crippen LogP contribution in [0.4, 0.5) is 0 Å².